The summed E-state index contributed by atoms with van der Waals surface area (Å²) in [6, 6.07) is 7.98. The molecule has 4 nitrogen and oxygen atoms in total. The number of nitrogens with zero attached hydrogens (tertiary/aromatic N) is 3. The smallest absolute Gasteiger partial charge is 0.154 e. The first-order chi connectivity index (χ1) is 11.7. The number of aryl methyl sites for hydroxylation is 1. The Labute approximate surface area is 142 Å². The minimum absolute atomic E-state index is 0.677. The van der Waals surface area contributed by atoms with Gasteiger partial charge in [-0.15, -0.1) is 0 Å². The van der Waals surface area contributed by atoms with E-state index in [2.05, 4.69) is 21.9 Å². The lowest BCUT2D eigenvalue weighted by Gasteiger charge is -2.04. The zero-order valence-electron chi connectivity index (χ0n) is 14.0. The molecule has 2 aromatic rings. The van der Waals surface area contributed by atoms with Crippen LogP contribution in [0.25, 0.3) is 5.57 Å². The SMILES string of the molecule is C=C/C=C(\C=C/C)c1ccc2c(n1)CC(=Nc1cc(C)ccn1)N2. The van der Waals surface area contributed by atoms with E-state index in [0.29, 0.717) is 12.2 Å². The van der Waals surface area contributed by atoms with E-state index < -0.39 is 0 Å². The van der Waals surface area contributed by atoms with Gasteiger partial charge in [0.25, 0.3) is 0 Å². The van der Waals surface area contributed by atoms with Gasteiger partial charge in [0.05, 0.1) is 23.5 Å². The largest absolute Gasteiger partial charge is 0.342 e. The fourth-order valence-electron chi connectivity index (χ4n) is 2.59. The Balaban J connectivity index is 1.88. The lowest BCUT2D eigenvalue weighted by molar-refractivity contribution is 1.15. The number of hydrogen-bond donors (Lipinski definition) is 1. The average molecular weight is 316 g/mol. The molecular weight excluding hydrogens is 296 g/mol. The van der Waals surface area contributed by atoms with Crippen LogP contribution in [0.2, 0.25) is 0 Å². The van der Waals surface area contributed by atoms with Gasteiger partial charge in [0, 0.05) is 6.20 Å². The number of aromatic nitrogens is 2. The summed E-state index contributed by atoms with van der Waals surface area (Å²) in [7, 11) is 0. The van der Waals surface area contributed by atoms with Gasteiger partial charge in [-0.3, -0.25) is 4.98 Å². The molecule has 1 N–H and O–H groups in total. The summed E-state index contributed by atoms with van der Waals surface area (Å²) in [5.41, 5.74) is 5.12. The third-order valence-corrected chi connectivity index (χ3v) is 3.68. The average Bonchev–Trinajstić information content (AvgIpc) is 2.96. The number of aliphatic imine (C=N–C) groups is 1. The molecule has 120 valence electrons. The summed E-state index contributed by atoms with van der Waals surface area (Å²) in [6.45, 7) is 7.79. The second-order valence-corrected chi connectivity index (χ2v) is 5.60. The molecule has 0 bridgehead atoms. The number of anilines is 1. The van der Waals surface area contributed by atoms with Crippen LogP contribution in [0.4, 0.5) is 11.5 Å². The number of nitrogens with one attached hydrogen (secondary N) is 1. The Bertz CT molecular complexity index is 860. The summed E-state index contributed by atoms with van der Waals surface area (Å²) in [5, 5.41) is 3.32. The first kappa shape index (κ1) is 15.9. The van der Waals surface area contributed by atoms with E-state index in [1.165, 1.54) is 0 Å². The van der Waals surface area contributed by atoms with Crippen LogP contribution in [-0.2, 0) is 6.42 Å². The molecular formula is C20H20N4. The van der Waals surface area contributed by atoms with E-state index in [9.17, 15) is 0 Å². The number of fused-ring (bicyclic) bond motifs is 1. The zero-order chi connectivity index (χ0) is 16.9. The summed E-state index contributed by atoms with van der Waals surface area (Å²) < 4.78 is 0. The van der Waals surface area contributed by atoms with Crippen LogP contribution < -0.4 is 5.32 Å². The minimum atomic E-state index is 0.677. The fraction of sp³-hybridized carbons (Fsp3) is 0.150. The second kappa shape index (κ2) is 7.04. The molecule has 0 saturated heterocycles. The van der Waals surface area contributed by atoms with E-state index >= 15 is 0 Å². The molecule has 24 heavy (non-hydrogen) atoms. The molecule has 2 aromatic heterocycles. The third-order valence-electron chi connectivity index (χ3n) is 3.68. The van der Waals surface area contributed by atoms with Gasteiger partial charge in [-0.1, -0.05) is 30.9 Å². The van der Waals surface area contributed by atoms with Crippen molar-refractivity contribution in [3.63, 3.8) is 0 Å². The highest BCUT2D eigenvalue weighted by Crippen LogP contribution is 2.26. The topological polar surface area (TPSA) is 50.2 Å². The van der Waals surface area contributed by atoms with Crippen molar-refractivity contribution in [2.45, 2.75) is 20.3 Å². The Morgan fingerprint density at radius 3 is 2.96 bits per heavy atom. The van der Waals surface area contributed by atoms with Crippen molar-refractivity contribution in [1.29, 1.82) is 0 Å². The second-order valence-electron chi connectivity index (χ2n) is 5.60. The van der Waals surface area contributed by atoms with Crippen LogP contribution in [-0.4, -0.2) is 15.8 Å². The molecule has 0 unspecified atom stereocenters. The summed E-state index contributed by atoms with van der Waals surface area (Å²) in [4.78, 5) is 13.6. The molecule has 0 saturated carbocycles. The molecule has 0 fully saturated rings. The number of allylic oxidation sites excluding steroid dienone is 5. The van der Waals surface area contributed by atoms with Crippen LogP contribution >= 0.6 is 0 Å². The van der Waals surface area contributed by atoms with Crippen LogP contribution in [0.5, 0.6) is 0 Å². The predicted octanol–water partition coefficient (Wildman–Crippen LogP) is 4.63. The maximum Gasteiger partial charge on any atom is 0.154 e. The molecule has 4 heteroatoms. The summed E-state index contributed by atoms with van der Waals surface area (Å²) in [5.74, 6) is 1.58. The van der Waals surface area contributed by atoms with Crippen molar-refractivity contribution in [1.82, 2.24) is 9.97 Å². The molecule has 3 rings (SSSR count). The number of rotatable bonds is 4. The van der Waals surface area contributed by atoms with Gasteiger partial charge in [0.1, 0.15) is 5.84 Å². The standard InChI is InChI=1S/C20H20N4/c1-4-6-15(7-5-2)16-8-9-17-18(22-16)13-20(23-17)24-19-12-14(3)10-11-21-19/h4-12H,1,13H2,2-3H3,(H,21,23,24)/b7-5-,15-6+. The van der Waals surface area contributed by atoms with Crippen molar-refractivity contribution >= 4 is 22.9 Å². The van der Waals surface area contributed by atoms with Crippen molar-refractivity contribution in [3.8, 4) is 0 Å². The van der Waals surface area contributed by atoms with Gasteiger partial charge >= 0.3 is 0 Å². The normalized spacial score (nSPS) is 15.6. The lowest BCUT2D eigenvalue weighted by Crippen LogP contribution is -2.05. The Morgan fingerprint density at radius 1 is 1.33 bits per heavy atom. The molecule has 3 heterocycles. The molecule has 1 aliphatic rings. The van der Waals surface area contributed by atoms with Crippen molar-refractivity contribution in [2.75, 3.05) is 5.32 Å². The molecule has 0 atom stereocenters. The van der Waals surface area contributed by atoms with Crippen LogP contribution in [0.15, 0.2) is 66.3 Å². The van der Waals surface area contributed by atoms with Gasteiger partial charge in [-0.2, -0.15) is 0 Å². The Morgan fingerprint density at radius 2 is 2.21 bits per heavy atom. The van der Waals surface area contributed by atoms with E-state index in [0.717, 1.165) is 34.0 Å². The van der Waals surface area contributed by atoms with Gasteiger partial charge in [-0.25, -0.2) is 9.98 Å². The predicted molar refractivity (Wildman–Crippen MR) is 101 cm³/mol. The van der Waals surface area contributed by atoms with Crippen LogP contribution in [0.1, 0.15) is 23.9 Å². The first-order valence-electron chi connectivity index (χ1n) is 7.92. The van der Waals surface area contributed by atoms with E-state index in [1.807, 2.05) is 56.3 Å². The third kappa shape index (κ3) is 3.49. The highest BCUT2D eigenvalue weighted by Gasteiger charge is 2.18. The molecule has 0 amide bonds. The Hall–Kier alpha value is -3.01. The lowest BCUT2D eigenvalue weighted by atomic mass is 10.1. The molecule has 1 aliphatic heterocycles. The van der Waals surface area contributed by atoms with Crippen molar-refractivity contribution in [3.05, 3.63) is 78.3 Å². The first-order valence-corrected chi connectivity index (χ1v) is 7.92. The monoisotopic (exact) mass is 316 g/mol. The molecule has 0 aliphatic carbocycles. The van der Waals surface area contributed by atoms with E-state index in [4.69, 9.17) is 4.98 Å². The minimum Gasteiger partial charge on any atom is -0.342 e. The highest BCUT2D eigenvalue weighted by atomic mass is 15.1. The van der Waals surface area contributed by atoms with Gasteiger partial charge < -0.3 is 5.32 Å². The zero-order valence-corrected chi connectivity index (χ0v) is 14.0. The molecule has 0 spiro atoms. The fourth-order valence-corrected chi connectivity index (χ4v) is 2.59. The van der Waals surface area contributed by atoms with E-state index in [-0.39, 0.29) is 0 Å². The summed E-state index contributed by atoms with van der Waals surface area (Å²) in [6.07, 6.45) is 10.2. The molecule has 0 aromatic carbocycles. The Kier molecular flexibility index (Phi) is 4.66. The van der Waals surface area contributed by atoms with Gasteiger partial charge in [-0.05, 0) is 49.2 Å². The van der Waals surface area contributed by atoms with Crippen LogP contribution in [0.3, 0.4) is 0 Å². The number of amidine groups is 1. The highest BCUT2D eigenvalue weighted by molar-refractivity contribution is 6.03. The maximum atomic E-state index is 4.77. The van der Waals surface area contributed by atoms with Crippen molar-refractivity contribution in [2.24, 2.45) is 4.99 Å². The summed E-state index contributed by atoms with van der Waals surface area (Å²) >= 11 is 0. The number of pyridine rings is 2. The van der Waals surface area contributed by atoms with Gasteiger partial charge in [0.2, 0.25) is 0 Å². The van der Waals surface area contributed by atoms with E-state index in [1.54, 1.807) is 12.3 Å². The van der Waals surface area contributed by atoms with Gasteiger partial charge in [0.15, 0.2) is 5.82 Å². The quantitative estimate of drug-likeness (QED) is 0.837. The van der Waals surface area contributed by atoms with Crippen LogP contribution in [0, 0.1) is 6.92 Å². The maximum absolute atomic E-state index is 4.77. The van der Waals surface area contributed by atoms with Crippen molar-refractivity contribution < 1.29 is 0 Å². The molecule has 0 radical (unpaired) electrons. The number of hydrogen-bond acceptors (Lipinski definition) is 3.